The van der Waals surface area contributed by atoms with Gasteiger partial charge in [0, 0.05) is 17.6 Å². The van der Waals surface area contributed by atoms with Crippen molar-refractivity contribution < 1.29 is 0 Å². The van der Waals surface area contributed by atoms with E-state index in [1.807, 2.05) is 19.1 Å². The van der Waals surface area contributed by atoms with Gasteiger partial charge in [-0.15, -0.1) is 0 Å². The molecular formula is C12H19ClN2. The quantitative estimate of drug-likeness (QED) is 0.855. The lowest BCUT2D eigenvalue weighted by atomic mass is 10.0. The molecule has 0 bridgehead atoms. The van der Waals surface area contributed by atoms with Crippen molar-refractivity contribution in [2.75, 3.05) is 20.1 Å². The molecule has 1 rings (SSSR count). The van der Waals surface area contributed by atoms with Crippen LogP contribution in [0.4, 0.5) is 0 Å². The lowest BCUT2D eigenvalue weighted by Crippen LogP contribution is -2.30. The maximum absolute atomic E-state index is 6.10. The molecule has 1 atom stereocenters. The number of hydrogen-bond donors (Lipinski definition) is 1. The second-order valence-electron chi connectivity index (χ2n) is 3.83. The van der Waals surface area contributed by atoms with E-state index in [4.69, 9.17) is 17.3 Å². The predicted molar refractivity (Wildman–Crippen MR) is 66.3 cm³/mol. The highest BCUT2D eigenvalue weighted by Crippen LogP contribution is 2.23. The van der Waals surface area contributed by atoms with Crippen LogP contribution in [-0.2, 0) is 0 Å². The smallest absolute Gasteiger partial charge is 0.0467 e. The predicted octanol–water partition coefficient (Wildman–Crippen LogP) is 2.60. The molecule has 0 aromatic heterocycles. The normalized spacial score (nSPS) is 13.2. The molecule has 2 N–H and O–H groups in total. The van der Waals surface area contributed by atoms with E-state index in [0.717, 1.165) is 17.1 Å². The van der Waals surface area contributed by atoms with Crippen molar-refractivity contribution in [2.24, 2.45) is 5.73 Å². The largest absolute Gasteiger partial charge is 0.329 e. The maximum Gasteiger partial charge on any atom is 0.0467 e. The van der Waals surface area contributed by atoms with Crippen molar-refractivity contribution >= 4 is 11.6 Å². The Kier molecular flexibility index (Phi) is 4.58. The number of hydrogen-bond acceptors (Lipinski definition) is 2. The zero-order valence-electron chi connectivity index (χ0n) is 9.63. The van der Waals surface area contributed by atoms with Gasteiger partial charge in [-0.05, 0) is 37.7 Å². The summed E-state index contributed by atoms with van der Waals surface area (Å²) in [6.45, 7) is 5.72. The van der Waals surface area contributed by atoms with Crippen molar-refractivity contribution in [1.82, 2.24) is 4.90 Å². The summed E-state index contributed by atoms with van der Waals surface area (Å²) in [6, 6.07) is 6.42. The Morgan fingerprint density at radius 2 is 2.13 bits per heavy atom. The fourth-order valence-corrected chi connectivity index (χ4v) is 1.80. The number of rotatable bonds is 4. The van der Waals surface area contributed by atoms with Crippen molar-refractivity contribution in [3.63, 3.8) is 0 Å². The van der Waals surface area contributed by atoms with Crippen molar-refractivity contribution in [1.29, 1.82) is 0 Å². The number of halogens is 1. The molecule has 2 nitrogen and oxygen atoms in total. The first-order valence-corrected chi connectivity index (χ1v) is 5.64. The van der Waals surface area contributed by atoms with Gasteiger partial charge in [0.15, 0.2) is 0 Å². The Bertz CT molecular complexity index is 325. The standard InChI is InChI=1S/C12H19ClN2/c1-4-15(3)12(8-14)10-6-5-9(2)11(13)7-10/h5-7,12H,4,8,14H2,1-3H3. The van der Waals surface area contributed by atoms with Crippen molar-refractivity contribution in [3.8, 4) is 0 Å². The van der Waals surface area contributed by atoms with E-state index in [0.29, 0.717) is 6.54 Å². The van der Waals surface area contributed by atoms with Crippen molar-refractivity contribution in [3.05, 3.63) is 34.3 Å². The topological polar surface area (TPSA) is 29.3 Å². The van der Waals surface area contributed by atoms with E-state index in [1.165, 1.54) is 5.56 Å². The Morgan fingerprint density at radius 3 is 2.60 bits per heavy atom. The van der Waals surface area contributed by atoms with Crippen LogP contribution < -0.4 is 5.73 Å². The molecule has 0 aliphatic rings. The van der Waals surface area contributed by atoms with Crippen molar-refractivity contribution in [2.45, 2.75) is 19.9 Å². The molecule has 0 fully saturated rings. The molecule has 0 aliphatic heterocycles. The van der Waals surface area contributed by atoms with Gasteiger partial charge in [0.2, 0.25) is 0 Å². The number of nitrogens with two attached hydrogens (primary N) is 1. The molecule has 1 aromatic carbocycles. The zero-order chi connectivity index (χ0) is 11.4. The molecule has 3 heteroatoms. The second-order valence-corrected chi connectivity index (χ2v) is 4.24. The summed E-state index contributed by atoms with van der Waals surface area (Å²) in [7, 11) is 2.07. The first-order valence-electron chi connectivity index (χ1n) is 5.26. The van der Waals surface area contributed by atoms with Crippen LogP contribution in [0.1, 0.15) is 24.1 Å². The number of benzene rings is 1. The Morgan fingerprint density at radius 1 is 1.47 bits per heavy atom. The molecule has 1 aromatic rings. The minimum Gasteiger partial charge on any atom is -0.329 e. The fraction of sp³-hybridized carbons (Fsp3) is 0.500. The molecule has 0 amide bonds. The lowest BCUT2D eigenvalue weighted by molar-refractivity contribution is 0.263. The van der Waals surface area contributed by atoms with Crippen LogP contribution in [0.2, 0.25) is 5.02 Å². The molecule has 0 radical (unpaired) electrons. The number of likely N-dealkylation sites (N-methyl/N-ethyl adjacent to an activating group) is 1. The Hall–Kier alpha value is -0.570. The van der Waals surface area contributed by atoms with E-state index < -0.39 is 0 Å². The SMILES string of the molecule is CCN(C)C(CN)c1ccc(C)c(Cl)c1. The van der Waals surface area contributed by atoms with Crippen LogP contribution in [0.25, 0.3) is 0 Å². The van der Waals surface area contributed by atoms with Crippen LogP contribution in [-0.4, -0.2) is 25.0 Å². The van der Waals surface area contributed by atoms with E-state index in [9.17, 15) is 0 Å². The monoisotopic (exact) mass is 226 g/mol. The molecule has 84 valence electrons. The minimum absolute atomic E-state index is 0.257. The Labute approximate surface area is 97.0 Å². The third-order valence-electron chi connectivity index (χ3n) is 2.83. The minimum atomic E-state index is 0.257. The summed E-state index contributed by atoms with van der Waals surface area (Å²) in [5.41, 5.74) is 8.08. The maximum atomic E-state index is 6.10. The van der Waals surface area contributed by atoms with Gasteiger partial charge in [-0.25, -0.2) is 0 Å². The third kappa shape index (κ3) is 2.94. The highest BCUT2D eigenvalue weighted by molar-refractivity contribution is 6.31. The van der Waals surface area contributed by atoms with Gasteiger partial charge in [0.05, 0.1) is 0 Å². The second kappa shape index (κ2) is 5.50. The summed E-state index contributed by atoms with van der Waals surface area (Å²) < 4.78 is 0. The lowest BCUT2D eigenvalue weighted by Gasteiger charge is -2.26. The molecular weight excluding hydrogens is 208 g/mol. The summed E-state index contributed by atoms with van der Waals surface area (Å²) >= 11 is 6.10. The van der Waals surface area contributed by atoms with Crippen LogP contribution in [0.5, 0.6) is 0 Å². The summed E-state index contributed by atoms with van der Waals surface area (Å²) in [4.78, 5) is 2.22. The van der Waals surface area contributed by atoms with Crippen LogP contribution >= 0.6 is 11.6 Å². The number of nitrogens with zero attached hydrogens (tertiary/aromatic N) is 1. The third-order valence-corrected chi connectivity index (χ3v) is 3.24. The van der Waals surface area contributed by atoms with E-state index in [1.54, 1.807) is 0 Å². The highest BCUT2D eigenvalue weighted by Gasteiger charge is 2.14. The Balaban J connectivity index is 2.97. The van der Waals surface area contributed by atoms with Gasteiger partial charge in [0.25, 0.3) is 0 Å². The van der Waals surface area contributed by atoms with Gasteiger partial charge in [-0.1, -0.05) is 30.7 Å². The highest BCUT2D eigenvalue weighted by atomic mass is 35.5. The van der Waals surface area contributed by atoms with Gasteiger partial charge in [0.1, 0.15) is 0 Å². The average Bonchev–Trinajstić information content (AvgIpc) is 2.24. The summed E-state index contributed by atoms with van der Waals surface area (Å²) in [5, 5.41) is 0.815. The fourth-order valence-electron chi connectivity index (χ4n) is 1.61. The number of aryl methyl sites for hydroxylation is 1. The van der Waals surface area contributed by atoms with Crippen LogP contribution in [0.15, 0.2) is 18.2 Å². The average molecular weight is 227 g/mol. The first kappa shape index (κ1) is 12.5. The van der Waals surface area contributed by atoms with Crippen LogP contribution in [0, 0.1) is 6.92 Å². The van der Waals surface area contributed by atoms with Gasteiger partial charge in [-0.2, -0.15) is 0 Å². The molecule has 0 heterocycles. The first-order chi connectivity index (χ1) is 7.10. The van der Waals surface area contributed by atoms with Gasteiger partial charge < -0.3 is 5.73 Å². The van der Waals surface area contributed by atoms with E-state index >= 15 is 0 Å². The molecule has 0 aliphatic carbocycles. The molecule has 0 saturated heterocycles. The zero-order valence-corrected chi connectivity index (χ0v) is 10.4. The van der Waals surface area contributed by atoms with Gasteiger partial charge >= 0.3 is 0 Å². The van der Waals surface area contributed by atoms with Crippen LogP contribution in [0.3, 0.4) is 0 Å². The molecule has 15 heavy (non-hydrogen) atoms. The molecule has 0 spiro atoms. The van der Waals surface area contributed by atoms with E-state index in [2.05, 4.69) is 24.9 Å². The molecule has 1 unspecified atom stereocenters. The summed E-state index contributed by atoms with van der Waals surface area (Å²) in [5.74, 6) is 0. The summed E-state index contributed by atoms with van der Waals surface area (Å²) in [6.07, 6.45) is 0. The molecule has 0 saturated carbocycles. The van der Waals surface area contributed by atoms with E-state index in [-0.39, 0.29) is 6.04 Å². The van der Waals surface area contributed by atoms with Gasteiger partial charge in [-0.3, -0.25) is 4.90 Å².